The van der Waals surface area contributed by atoms with E-state index in [-0.39, 0.29) is 0 Å². The van der Waals surface area contributed by atoms with E-state index in [2.05, 4.69) is 70.5 Å². The minimum atomic E-state index is 0.555. The molecule has 1 aliphatic rings. The summed E-state index contributed by atoms with van der Waals surface area (Å²) in [5.41, 5.74) is 4.51. The Bertz CT molecular complexity index is 532. The van der Waals surface area contributed by atoms with E-state index in [1.807, 2.05) is 0 Å². The first-order chi connectivity index (χ1) is 9.34. The molecule has 2 aromatic carbocycles. The van der Waals surface area contributed by atoms with Crippen LogP contribution in [0, 0.1) is 5.92 Å². The predicted octanol–water partition coefficient (Wildman–Crippen LogP) is 5.32. The number of hydrogen-bond donors (Lipinski definition) is 0. The summed E-state index contributed by atoms with van der Waals surface area (Å²) in [7, 11) is 0. The van der Waals surface area contributed by atoms with Crippen molar-refractivity contribution in [1.82, 2.24) is 0 Å². The maximum Gasteiger partial charge on any atom is 0.0429 e. The Morgan fingerprint density at radius 1 is 0.947 bits per heavy atom. The molecule has 2 unspecified atom stereocenters. The molecular formula is C18H19Br. The van der Waals surface area contributed by atoms with Gasteiger partial charge >= 0.3 is 0 Å². The molecule has 0 saturated carbocycles. The highest BCUT2D eigenvalue weighted by Gasteiger charge is 2.29. The Morgan fingerprint density at radius 3 is 2.47 bits per heavy atom. The standard InChI is InChI=1S/C18H19Br/c19-18-16(13-15-10-4-5-12-17(15)18)11-6-9-14-7-2-1-3-8-14/h1-5,7-8,10,12,16,18H,6,9,11,13H2. The van der Waals surface area contributed by atoms with Crippen LogP contribution in [0.1, 0.15) is 34.4 Å². The van der Waals surface area contributed by atoms with Crippen molar-refractivity contribution < 1.29 is 0 Å². The van der Waals surface area contributed by atoms with E-state index >= 15 is 0 Å². The molecular weight excluding hydrogens is 296 g/mol. The fourth-order valence-corrected chi connectivity index (χ4v) is 3.99. The zero-order valence-electron chi connectivity index (χ0n) is 11.1. The zero-order valence-corrected chi connectivity index (χ0v) is 12.6. The number of hydrogen-bond acceptors (Lipinski definition) is 0. The first-order valence-electron chi connectivity index (χ1n) is 7.10. The van der Waals surface area contributed by atoms with Gasteiger partial charge < -0.3 is 0 Å². The van der Waals surface area contributed by atoms with Crippen molar-refractivity contribution in [1.29, 1.82) is 0 Å². The van der Waals surface area contributed by atoms with E-state index in [9.17, 15) is 0 Å². The van der Waals surface area contributed by atoms with Crippen molar-refractivity contribution in [3.63, 3.8) is 0 Å². The molecule has 19 heavy (non-hydrogen) atoms. The van der Waals surface area contributed by atoms with E-state index in [1.165, 1.54) is 42.4 Å². The third-order valence-electron chi connectivity index (χ3n) is 4.13. The van der Waals surface area contributed by atoms with E-state index < -0.39 is 0 Å². The number of aryl methyl sites for hydroxylation is 1. The number of fused-ring (bicyclic) bond motifs is 1. The van der Waals surface area contributed by atoms with Gasteiger partial charge in [-0.25, -0.2) is 0 Å². The fraction of sp³-hybridized carbons (Fsp3) is 0.333. The second-order valence-corrected chi connectivity index (χ2v) is 6.43. The molecule has 0 radical (unpaired) electrons. The number of benzene rings is 2. The van der Waals surface area contributed by atoms with E-state index in [0.717, 1.165) is 5.92 Å². The smallest absolute Gasteiger partial charge is 0.0429 e. The van der Waals surface area contributed by atoms with E-state index in [1.54, 1.807) is 0 Å². The predicted molar refractivity (Wildman–Crippen MR) is 84.7 cm³/mol. The van der Waals surface area contributed by atoms with Gasteiger partial charge in [0.15, 0.2) is 0 Å². The van der Waals surface area contributed by atoms with Gasteiger partial charge in [-0.2, -0.15) is 0 Å². The topological polar surface area (TPSA) is 0 Å². The molecule has 2 atom stereocenters. The van der Waals surface area contributed by atoms with Crippen LogP contribution in [-0.2, 0) is 12.8 Å². The summed E-state index contributed by atoms with van der Waals surface area (Å²) in [6.45, 7) is 0. The molecule has 0 aromatic heterocycles. The van der Waals surface area contributed by atoms with Gasteiger partial charge in [0.05, 0.1) is 0 Å². The molecule has 0 spiro atoms. The van der Waals surface area contributed by atoms with Gasteiger partial charge in [0.2, 0.25) is 0 Å². The van der Waals surface area contributed by atoms with E-state index in [0.29, 0.717) is 4.83 Å². The normalized spacial score (nSPS) is 21.3. The molecule has 0 bridgehead atoms. The van der Waals surface area contributed by atoms with Crippen LogP contribution in [0.4, 0.5) is 0 Å². The van der Waals surface area contributed by atoms with Gasteiger partial charge in [-0.15, -0.1) is 0 Å². The minimum Gasteiger partial charge on any atom is -0.0836 e. The third-order valence-corrected chi connectivity index (χ3v) is 5.37. The average molecular weight is 315 g/mol. The fourth-order valence-electron chi connectivity index (χ4n) is 3.09. The molecule has 0 amide bonds. The molecule has 98 valence electrons. The first-order valence-corrected chi connectivity index (χ1v) is 8.02. The summed E-state index contributed by atoms with van der Waals surface area (Å²) in [6, 6.07) is 19.7. The SMILES string of the molecule is BrC1c2ccccc2CC1CCCc1ccccc1. The van der Waals surface area contributed by atoms with Crippen LogP contribution in [0.3, 0.4) is 0 Å². The quantitative estimate of drug-likeness (QED) is 0.670. The summed E-state index contributed by atoms with van der Waals surface area (Å²) in [4.78, 5) is 0.555. The summed E-state index contributed by atoms with van der Waals surface area (Å²) in [6.07, 6.45) is 5.03. The molecule has 0 nitrogen and oxygen atoms in total. The molecule has 0 saturated heterocycles. The van der Waals surface area contributed by atoms with Gasteiger partial charge in [0, 0.05) is 4.83 Å². The van der Waals surface area contributed by atoms with Crippen LogP contribution in [-0.4, -0.2) is 0 Å². The van der Waals surface area contributed by atoms with Crippen LogP contribution in [0.5, 0.6) is 0 Å². The Morgan fingerprint density at radius 2 is 1.68 bits per heavy atom. The van der Waals surface area contributed by atoms with Crippen molar-refractivity contribution >= 4 is 15.9 Å². The van der Waals surface area contributed by atoms with E-state index in [4.69, 9.17) is 0 Å². The Kier molecular flexibility index (Phi) is 4.03. The second kappa shape index (κ2) is 5.92. The van der Waals surface area contributed by atoms with Gasteiger partial charge in [0.1, 0.15) is 0 Å². The average Bonchev–Trinajstić information content (AvgIpc) is 2.78. The van der Waals surface area contributed by atoms with Crippen molar-refractivity contribution in [2.45, 2.75) is 30.5 Å². The lowest BCUT2D eigenvalue weighted by atomic mass is 9.97. The Balaban J connectivity index is 1.55. The molecule has 0 N–H and O–H groups in total. The van der Waals surface area contributed by atoms with Crippen molar-refractivity contribution in [2.24, 2.45) is 5.92 Å². The molecule has 0 fully saturated rings. The monoisotopic (exact) mass is 314 g/mol. The number of alkyl halides is 1. The van der Waals surface area contributed by atoms with Crippen LogP contribution < -0.4 is 0 Å². The number of rotatable bonds is 4. The van der Waals surface area contributed by atoms with Gasteiger partial charge in [-0.3, -0.25) is 0 Å². The maximum absolute atomic E-state index is 3.89. The highest BCUT2D eigenvalue weighted by atomic mass is 79.9. The highest BCUT2D eigenvalue weighted by Crippen LogP contribution is 2.44. The minimum absolute atomic E-state index is 0.555. The lowest BCUT2D eigenvalue weighted by Crippen LogP contribution is -2.03. The Hall–Kier alpha value is -1.08. The van der Waals surface area contributed by atoms with Crippen LogP contribution in [0.2, 0.25) is 0 Å². The number of halogens is 1. The van der Waals surface area contributed by atoms with Crippen LogP contribution >= 0.6 is 15.9 Å². The third kappa shape index (κ3) is 2.92. The second-order valence-electron chi connectivity index (χ2n) is 5.44. The van der Waals surface area contributed by atoms with Gasteiger partial charge in [0.25, 0.3) is 0 Å². The molecule has 0 heterocycles. The summed E-state index contributed by atoms with van der Waals surface area (Å²) < 4.78 is 0. The van der Waals surface area contributed by atoms with Crippen molar-refractivity contribution in [3.8, 4) is 0 Å². The first kappa shape index (κ1) is 12.9. The van der Waals surface area contributed by atoms with Crippen LogP contribution in [0.25, 0.3) is 0 Å². The Labute approximate surface area is 124 Å². The molecule has 1 aliphatic carbocycles. The van der Waals surface area contributed by atoms with Crippen molar-refractivity contribution in [2.75, 3.05) is 0 Å². The maximum atomic E-state index is 3.89. The molecule has 1 heteroatoms. The van der Waals surface area contributed by atoms with Crippen molar-refractivity contribution in [3.05, 3.63) is 71.3 Å². The lowest BCUT2D eigenvalue weighted by molar-refractivity contribution is 0.490. The molecule has 3 rings (SSSR count). The van der Waals surface area contributed by atoms with Crippen LogP contribution in [0.15, 0.2) is 54.6 Å². The largest absolute Gasteiger partial charge is 0.0836 e. The summed E-state index contributed by atoms with van der Waals surface area (Å²) >= 11 is 3.89. The van der Waals surface area contributed by atoms with Gasteiger partial charge in [-0.1, -0.05) is 70.5 Å². The summed E-state index contributed by atoms with van der Waals surface area (Å²) in [5, 5.41) is 0. The van der Waals surface area contributed by atoms with Gasteiger partial charge in [-0.05, 0) is 48.3 Å². The molecule has 0 aliphatic heterocycles. The molecule has 2 aromatic rings. The zero-order chi connectivity index (χ0) is 13.1. The summed E-state index contributed by atoms with van der Waals surface area (Å²) in [5.74, 6) is 0.765. The lowest BCUT2D eigenvalue weighted by Gasteiger charge is -2.14. The highest BCUT2D eigenvalue weighted by molar-refractivity contribution is 9.09.